The number of rotatable bonds is 4. The van der Waals surface area contributed by atoms with Gasteiger partial charge in [0.1, 0.15) is 11.4 Å². The maximum absolute atomic E-state index is 12.4. The molecule has 0 bridgehead atoms. The van der Waals surface area contributed by atoms with Gasteiger partial charge in [-0.05, 0) is 24.5 Å². The summed E-state index contributed by atoms with van der Waals surface area (Å²) in [7, 11) is 2.92. The Bertz CT molecular complexity index is 720. The lowest BCUT2D eigenvalue weighted by molar-refractivity contribution is -0.123. The Morgan fingerprint density at radius 1 is 1.30 bits per heavy atom. The Labute approximate surface area is 133 Å². The molecule has 0 spiro atoms. The van der Waals surface area contributed by atoms with Gasteiger partial charge in [0.2, 0.25) is 5.88 Å². The minimum Gasteiger partial charge on any atom is -0.480 e. The summed E-state index contributed by atoms with van der Waals surface area (Å²) in [6.07, 6.45) is 2.29. The summed E-state index contributed by atoms with van der Waals surface area (Å²) in [6, 6.07) is 7.89. The zero-order valence-corrected chi connectivity index (χ0v) is 12.9. The van der Waals surface area contributed by atoms with Gasteiger partial charge in [-0.15, -0.1) is 0 Å². The van der Waals surface area contributed by atoms with Crippen molar-refractivity contribution in [1.82, 2.24) is 9.97 Å². The van der Waals surface area contributed by atoms with Gasteiger partial charge in [-0.2, -0.15) is 4.98 Å². The number of methoxy groups -OCH3 is 2. The van der Waals surface area contributed by atoms with E-state index in [0.29, 0.717) is 12.1 Å². The number of carbonyl (C=O) groups excluding carboxylic acids is 1. The van der Waals surface area contributed by atoms with Gasteiger partial charge < -0.3 is 19.5 Å². The predicted molar refractivity (Wildman–Crippen MR) is 82.9 cm³/mol. The fourth-order valence-corrected chi connectivity index (χ4v) is 2.41. The van der Waals surface area contributed by atoms with E-state index in [0.717, 1.165) is 17.7 Å². The minimum absolute atomic E-state index is 0.169. The summed E-state index contributed by atoms with van der Waals surface area (Å²) < 4.78 is 15.8. The average Bonchev–Trinajstić information content (AvgIpc) is 2.61. The third kappa shape index (κ3) is 3.18. The van der Waals surface area contributed by atoms with Gasteiger partial charge in [0.15, 0.2) is 6.10 Å². The number of anilines is 1. The first kappa shape index (κ1) is 15.1. The number of fused-ring (bicyclic) bond motifs is 1. The molecule has 3 rings (SSSR count). The van der Waals surface area contributed by atoms with Crippen LogP contribution in [0.4, 0.5) is 5.69 Å². The van der Waals surface area contributed by atoms with E-state index in [1.165, 1.54) is 20.4 Å². The van der Waals surface area contributed by atoms with Crippen LogP contribution in [0.1, 0.15) is 12.0 Å². The van der Waals surface area contributed by atoms with E-state index in [1.54, 1.807) is 0 Å². The largest absolute Gasteiger partial charge is 0.480 e. The molecule has 1 atom stereocenters. The number of nitrogens with zero attached hydrogens (tertiary/aromatic N) is 2. The van der Waals surface area contributed by atoms with Crippen LogP contribution in [-0.4, -0.2) is 36.2 Å². The van der Waals surface area contributed by atoms with Crippen LogP contribution >= 0.6 is 0 Å². The molecule has 1 aromatic heterocycles. The Hall–Kier alpha value is -2.83. The van der Waals surface area contributed by atoms with Crippen molar-refractivity contribution in [2.75, 3.05) is 19.5 Å². The number of hydrogen-bond acceptors (Lipinski definition) is 6. The third-order valence-electron chi connectivity index (χ3n) is 3.58. The van der Waals surface area contributed by atoms with Crippen molar-refractivity contribution in [3.63, 3.8) is 0 Å². The number of benzene rings is 1. The Kier molecular flexibility index (Phi) is 4.27. The van der Waals surface area contributed by atoms with Crippen LogP contribution in [0.3, 0.4) is 0 Å². The first-order chi connectivity index (χ1) is 11.2. The first-order valence-electron chi connectivity index (χ1n) is 7.21. The highest BCUT2D eigenvalue weighted by molar-refractivity contribution is 5.95. The molecular weight excluding hydrogens is 298 g/mol. The van der Waals surface area contributed by atoms with E-state index in [1.807, 2.05) is 24.3 Å². The first-order valence-corrected chi connectivity index (χ1v) is 7.21. The van der Waals surface area contributed by atoms with Gasteiger partial charge in [-0.1, -0.05) is 18.2 Å². The lowest BCUT2D eigenvalue weighted by atomic mass is 10.0. The number of ether oxygens (including phenoxy) is 3. The summed E-state index contributed by atoms with van der Waals surface area (Å²) in [4.78, 5) is 20.4. The van der Waals surface area contributed by atoms with Crippen LogP contribution in [0.5, 0.6) is 17.6 Å². The fraction of sp³-hybridized carbons (Fsp3) is 0.312. The summed E-state index contributed by atoms with van der Waals surface area (Å²) in [6.45, 7) is 0. The molecule has 0 saturated carbocycles. The molecule has 1 amide bonds. The Morgan fingerprint density at radius 3 is 2.91 bits per heavy atom. The number of aryl methyl sites for hydroxylation is 1. The molecule has 7 nitrogen and oxygen atoms in total. The van der Waals surface area contributed by atoms with E-state index < -0.39 is 6.10 Å². The van der Waals surface area contributed by atoms with Crippen molar-refractivity contribution in [2.45, 2.75) is 18.9 Å². The molecule has 0 radical (unpaired) electrons. The normalized spacial score (nSPS) is 16.0. The molecule has 1 aliphatic heterocycles. The molecule has 2 aromatic rings. The van der Waals surface area contributed by atoms with Gasteiger partial charge in [-0.25, -0.2) is 4.98 Å². The maximum Gasteiger partial charge on any atom is 0.319 e. The topological polar surface area (TPSA) is 82.6 Å². The number of hydrogen-bond donors (Lipinski definition) is 1. The second-order valence-electron chi connectivity index (χ2n) is 5.02. The van der Waals surface area contributed by atoms with E-state index in [2.05, 4.69) is 15.3 Å². The summed E-state index contributed by atoms with van der Waals surface area (Å²) in [5.41, 5.74) is 1.49. The molecule has 0 saturated heterocycles. The van der Waals surface area contributed by atoms with Crippen molar-refractivity contribution in [3.05, 3.63) is 36.0 Å². The molecular formula is C16H17N3O4. The summed E-state index contributed by atoms with van der Waals surface area (Å²) in [5.74, 6) is 0.727. The quantitative estimate of drug-likeness (QED) is 0.927. The van der Waals surface area contributed by atoms with Gasteiger partial charge in [0.25, 0.3) is 5.91 Å². The van der Waals surface area contributed by atoms with Crippen molar-refractivity contribution in [3.8, 4) is 17.6 Å². The molecule has 23 heavy (non-hydrogen) atoms. The highest BCUT2D eigenvalue weighted by atomic mass is 16.5. The molecule has 2 heterocycles. The van der Waals surface area contributed by atoms with Gasteiger partial charge in [0.05, 0.1) is 20.4 Å². The molecule has 0 aliphatic carbocycles. The van der Waals surface area contributed by atoms with Crippen LogP contribution in [0.15, 0.2) is 30.5 Å². The van der Waals surface area contributed by atoms with Gasteiger partial charge in [0, 0.05) is 0 Å². The smallest absolute Gasteiger partial charge is 0.319 e. The van der Waals surface area contributed by atoms with E-state index in [-0.39, 0.29) is 17.8 Å². The summed E-state index contributed by atoms with van der Waals surface area (Å²) >= 11 is 0. The third-order valence-corrected chi connectivity index (χ3v) is 3.58. The lowest BCUT2D eigenvalue weighted by Gasteiger charge is -2.25. The van der Waals surface area contributed by atoms with E-state index in [9.17, 15) is 4.79 Å². The molecule has 1 aliphatic rings. The highest BCUT2D eigenvalue weighted by Gasteiger charge is 2.26. The van der Waals surface area contributed by atoms with E-state index in [4.69, 9.17) is 14.2 Å². The maximum atomic E-state index is 12.4. The van der Waals surface area contributed by atoms with Crippen molar-refractivity contribution < 1.29 is 19.0 Å². The standard InChI is InChI=1S/C16H17N3O4/c1-21-15-11(9-17-16(19-15)22-2)18-14(20)13-8-7-10-5-3-4-6-12(10)23-13/h3-6,9,13H,7-8H2,1-2H3,(H,18,20). The number of carbonyl (C=O) groups is 1. The monoisotopic (exact) mass is 315 g/mol. The fourth-order valence-electron chi connectivity index (χ4n) is 2.41. The van der Waals surface area contributed by atoms with Crippen molar-refractivity contribution in [2.24, 2.45) is 0 Å². The molecule has 1 unspecified atom stereocenters. The number of aromatic nitrogens is 2. The molecule has 1 aromatic carbocycles. The number of nitrogens with one attached hydrogen (secondary N) is 1. The van der Waals surface area contributed by atoms with Gasteiger partial charge in [-0.3, -0.25) is 4.79 Å². The van der Waals surface area contributed by atoms with Crippen LogP contribution in [0.2, 0.25) is 0 Å². The zero-order valence-electron chi connectivity index (χ0n) is 12.9. The van der Waals surface area contributed by atoms with Crippen LogP contribution in [-0.2, 0) is 11.2 Å². The molecule has 0 fully saturated rings. The van der Waals surface area contributed by atoms with Crippen molar-refractivity contribution >= 4 is 11.6 Å². The minimum atomic E-state index is -0.559. The number of para-hydroxylation sites is 1. The molecule has 120 valence electrons. The molecule has 1 N–H and O–H groups in total. The predicted octanol–water partition coefficient (Wildman–Crippen LogP) is 1.83. The number of amides is 1. The highest BCUT2D eigenvalue weighted by Crippen LogP contribution is 2.28. The SMILES string of the molecule is COc1ncc(NC(=O)C2CCc3ccccc3O2)c(OC)n1. The zero-order chi connectivity index (χ0) is 16.2. The van der Waals surface area contributed by atoms with Crippen LogP contribution in [0, 0.1) is 0 Å². The summed E-state index contributed by atoms with van der Waals surface area (Å²) in [5, 5.41) is 2.74. The van der Waals surface area contributed by atoms with Crippen LogP contribution < -0.4 is 19.5 Å². The second-order valence-corrected chi connectivity index (χ2v) is 5.02. The molecule has 7 heteroatoms. The van der Waals surface area contributed by atoms with E-state index >= 15 is 0 Å². The Morgan fingerprint density at radius 2 is 2.13 bits per heavy atom. The Balaban J connectivity index is 1.73. The van der Waals surface area contributed by atoms with Crippen molar-refractivity contribution in [1.29, 1.82) is 0 Å². The average molecular weight is 315 g/mol. The van der Waals surface area contributed by atoms with Gasteiger partial charge >= 0.3 is 6.01 Å². The second kappa shape index (κ2) is 6.51. The lowest BCUT2D eigenvalue weighted by Crippen LogP contribution is -2.36. The van der Waals surface area contributed by atoms with Crippen LogP contribution in [0.25, 0.3) is 0 Å².